The number of carbonyl (C=O) groups is 1. The van der Waals surface area contributed by atoms with Crippen LogP contribution in [0.4, 0.5) is 11.4 Å². The fourth-order valence-corrected chi connectivity index (χ4v) is 3.13. The van der Waals surface area contributed by atoms with E-state index >= 15 is 0 Å². The van der Waals surface area contributed by atoms with Gasteiger partial charge in [-0.1, -0.05) is 30.3 Å². The number of ether oxygens (including phenoxy) is 2. The van der Waals surface area contributed by atoms with Gasteiger partial charge in [0.15, 0.2) is 0 Å². The quantitative estimate of drug-likeness (QED) is 0.278. The molecular weight excluding hydrogens is 370 g/mol. The molecule has 0 aliphatic carbocycles. The third-order valence-corrected chi connectivity index (χ3v) is 4.54. The van der Waals surface area contributed by atoms with Crippen LogP contribution in [0.5, 0.6) is 11.5 Å². The minimum absolute atomic E-state index is 0.151. The second kappa shape index (κ2) is 8.53. The molecule has 0 aromatic heterocycles. The zero-order valence-electron chi connectivity index (χ0n) is 15.6. The van der Waals surface area contributed by atoms with E-state index < -0.39 is 5.91 Å². The maximum atomic E-state index is 11.6. The third kappa shape index (κ3) is 4.41. The average Bonchev–Trinajstić information content (AvgIpc) is 3.20. The van der Waals surface area contributed by atoms with E-state index in [9.17, 15) is 4.79 Å². The lowest BCUT2D eigenvalue weighted by Crippen LogP contribution is -2.18. The van der Waals surface area contributed by atoms with E-state index in [1.54, 1.807) is 23.7 Å². The fourth-order valence-electron chi connectivity index (χ4n) is 3.13. The minimum Gasteiger partial charge on any atom is -0.490 e. The number of rotatable bonds is 7. The second-order valence-electron chi connectivity index (χ2n) is 6.51. The lowest BCUT2D eigenvalue weighted by atomic mass is 10.1. The largest absolute Gasteiger partial charge is 0.490 e. The van der Waals surface area contributed by atoms with Crippen molar-refractivity contribution in [1.29, 1.82) is 0 Å². The van der Waals surface area contributed by atoms with Crippen molar-refractivity contribution in [2.24, 2.45) is 0 Å². The van der Waals surface area contributed by atoms with Crippen molar-refractivity contribution in [1.82, 2.24) is 5.48 Å². The molecule has 1 unspecified atom stereocenters. The number of hydroxylamine groups is 1. The highest BCUT2D eigenvalue weighted by atomic mass is 16.5. The highest BCUT2D eigenvalue weighted by Crippen LogP contribution is 2.36. The minimum atomic E-state index is -0.550. The molecule has 0 radical (unpaired) electrons. The predicted molar refractivity (Wildman–Crippen MR) is 110 cm³/mol. The van der Waals surface area contributed by atoms with E-state index in [4.69, 9.17) is 14.7 Å². The number of benzene rings is 3. The molecule has 0 bridgehead atoms. The smallest absolute Gasteiger partial charge is 0.274 e. The van der Waals surface area contributed by atoms with Crippen molar-refractivity contribution in [2.75, 3.05) is 23.8 Å². The van der Waals surface area contributed by atoms with E-state index in [2.05, 4.69) is 10.6 Å². The molecule has 0 saturated carbocycles. The van der Waals surface area contributed by atoms with Gasteiger partial charge in [0, 0.05) is 5.56 Å². The van der Waals surface area contributed by atoms with Crippen LogP contribution < -0.4 is 25.6 Å². The summed E-state index contributed by atoms with van der Waals surface area (Å²) in [6, 6.07) is 22.5. The van der Waals surface area contributed by atoms with Gasteiger partial charge in [0.05, 0.1) is 11.4 Å². The summed E-state index contributed by atoms with van der Waals surface area (Å²) < 4.78 is 11.4. The molecule has 7 heteroatoms. The number of carbonyl (C=O) groups excluding carboxylic acids is 1. The zero-order valence-corrected chi connectivity index (χ0v) is 15.6. The molecule has 1 atom stereocenters. The first-order valence-corrected chi connectivity index (χ1v) is 9.25. The highest BCUT2D eigenvalue weighted by molar-refractivity contribution is 5.96. The van der Waals surface area contributed by atoms with Gasteiger partial charge in [-0.05, 0) is 48.0 Å². The summed E-state index contributed by atoms with van der Waals surface area (Å²) in [4.78, 5) is 11.6. The Bertz CT molecular complexity index is 994. The van der Waals surface area contributed by atoms with Crippen LogP contribution in [-0.4, -0.2) is 24.3 Å². The number of hydrogen-bond donors (Lipinski definition) is 4. The van der Waals surface area contributed by atoms with Crippen molar-refractivity contribution in [2.45, 2.75) is 6.17 Å². The van der Waals surface area contributed by atoms with Gasteiger partial charge >= 0.3 is 0 Å². The van der Waals surface area contributed by atoms with Crippen LogP contribution in [0.2, 0.25) is 0 Å². The normalized spacial score (nSPS) is 14.3. The summed E-state index contributed by atoms with van der Waals surface area (Å²) in [5.41, 5.74) is 4.68. The molecule has 148 valence electrons. The highest BCUT2D eigenvalue weighted by Gasteiger charge is 2.22. The first-order valence-electron chi connectivity index (χ1n) is 9.25. The summed E-state index contributed by atoms with van der Waals surface area (Å²) >= 11 is 0. The second-order valence-corrected chi connectivity index (χ2v) is 6.51. The molecule has 3 aromatic carbocycles. The Kier molecular flexibility index (Phi) is 5.49. The van der Waals surface area contributed by atoms with Crippen molar-refractivity contribution >= 4 is 17.3 Å². The van der Waals surface area contributed by atoms with Gasteiger partial charge in [0.2, 0.25) is 0 Å². The fraction of sp³-hybridized carbons (Fsp3) is 0.136. The molecule has 0 saturated heterocycles. The Hall–Kier alpha value is -3.71. The van der Waals surface area contributed by atoms with Crippen molar-refractivity contribution in [3.8, 4) is 11.5 Å². The molecule has 1 aliphatic rings. The van der Waals surface area contributed by atoms with E-state index in [-0.39, 0.29) is 6.17 Å². The van der Waals surface area contributed by atoms with Crippen molar-refractivity contribution < 1.29 is 19.5 Å². The number of hydrogen-bond acceptors (Lipinski definition) is 6. The first-order chi connectivity index (χ1) is 14.2. The SMILES string of the molecule is O=C(NO)c1ccc2c(c1)NC(c1cccc(OCCOc3ccccc3)c1)N2. The van der Waals surface area contributed by atoms with Gasteiger partial charge < -0.3 is 20.1 Å². The Morgan fingerprint density at radius 3 is 2.38 bits per heavy atom. The van der Waals surface area contributed by atoms with Gasteiger partial charge in [0.25, 0.3) is 5.91 Å². The van der Waals surface area contributed by atoms with E-state index in [1.807, 2.05) is 54.6 Å². The molecule has 7 nitrogen and oxygen atoms in total. The monoisotopic (exact) mass is 391 g/mol. The zero-order chi connectivity index (χ0) is 20.1. The van der Waals surface area contributed by atoms with Crippen LogP contribution in [0.1, 0.15) is 22.1 Å². The molecule has 4 rings (SSSR count). The average molecular weight is 391 g/mol. The topological polar surface area (TPSA) is 91.9 Å². The summed E-state index contributed by atoms with van der Waals surface area (Å²) in [5, 5.41) is 15.5. The van der Waals surface area contributed by atoms with Crippen LogP contribution in [0.3, 0.4) is 0 Å². The maximum Gasteiger partial charge on any atom is 0.274 e. The summed E-state index contributed by atoms with van der Waals surface area (Å²) in [6.45, 7) is 0.888. The molecule has 3 aromatic rings. The van der Waals surface area contributed by atoms with Gasteiger partial charge in [-0.15, -0.1) is 0 Å². The third-order valence-electron chi connectivity index (χ3n) is 4.54. The number of fused-ring (bicyclic) bond motifs is 1. The van der Waals surface area contributed by atoms with E-state index in [1.165, 1.54) is 0 Å². The molecule has 4 N–H and O–H groups in total. The molecule has 1 aliphatic heterocycles. The Morgan fingerprint density at radius 2 is 1.59 bits per heavy atom. The van der Waals surface area contributed by atoms with Gasteiger partial charge in [-0.2, -0.15) is 0 Å². The van der Waals surface area contributed by atoms with Crippen LogP contribution in [0.15, 0.2) is 72.8 Å². The molecule has 1 amide bonds. The van der Waals surface area contributed by atoms with Crippen LogP contribution in [-0.2, 0) is 0 Å². The van der Waals surface area contributed by atoms with Gasteiger partial charge in [0.1, 0.15) is 30.9 Å². The Morgan fingerprint density at radius 1 is 0.862 bits per heavy atom. The van der Waals surface area contributed by atoms with E-state index in [0.717, 1.165) is 28.4 Å². The van der Waals surface area contributed by atoms with Gasteiger partial charge in [-0.25, -0.2) is 5.48 Å². The van der Waals surface area contributed by atoms with Crippen molar-refractivity contribution in [3.05, 3.63) is 83.9 Å². The summed E-state index contributed by atoms with van der Waals surface area (Å²) in [5.74, 6) is 1.02. The number of para-hydroxylation sites is 1. The van der Waals surface area contributed by atoms with Crippen LogP contribution in [0.25, 0.3) is 0 Å². The molecule has 1 heterocycles. The molecule has 29 heavy (non-hydrogen) atoms. The van der Waals surface area contributed by atoms with Crippen LogP contribution >= 0.6 is 0 Å². The molecule has 0 spiro atoms. The molecule has 0 fully saturated rings. The van der Waals surface area contributed by atoms with Crippen LogP contribution in [0, 0.1) is 0 Å². The number of anilines is 2. The van der Waals surface area contributed by atoms with Crippen molar-refractivity contribution in [3.63, 3.8) is 0 Å². The maximum absolute atomic E-state index is 11.6. The Balaban J connectivity index is 1.35. The van der Waals surface area contributed by atoms with Gasteiger partial charge in [-0.3, -0.25) is 10.0 Å². The summed E-state index contributed by atoms with van der Waals surface area (Å²) in [6.07, 6.45) is -0.151. The number of nitrogens with one attached hydrogen (secondary N) is 3. The summed E-state index contributed by atoms with van der Waals surface area (Å²) in [7, 11) is 0. The standard InChI is InChI=1S/C22H21N3O4/c26-22(25-27)16-9-10-19-20(14-16)24-21(23-19)15-5-4-8-18(13-15)29-12-11-28-17-6-2-1-3-7-17/h1-10,13-14,21,23-24,27H,11-12H2,(H,25,26). The van der Waals surface area contributed by atoms with E-state index in [0.29, 0.717) is 18.8 Å². The Labute approximate surface area is 168 Å². The first kappa shape index (κ1) is 18.6. The number of amides is 1. The predicted octanol–water partition coefficient (Wildman–Crippen LogP) is 3.80. The lowest BCUT2D eigenvalue weighted by molar-refractivity contribution is 0.0706. The molecular formula is C22H21N3O4. The lowest BCUT2D eigenvalue weighted by Gasteiger charge is -2.14.